The molecule has 0 saturated heterocycles. The van der Waals surface area contributed by atoms with Crippen molar-refractivity contribution in [2.45, 2.75) is 6.92 Å². The first-order chi connectivity index (χ1) is 11.0. The smallest absolute Gasteiger partial charge is 0.358 e. The van der Waals surface area contributed by atoms with Crippen molar-refractivity contribution in [2.24, 2.45) is 0 Å². The van der Waals surface area contributed by atoms with Crippen LogP contribution in [0.3, 0.4) is 0 Å². The molecular formula is C17H14N2O3S. The lowest BCUT2D eigenvalue weighted by Crippen LogP contribution is -2.06. The first-order valence-corrected chi connectivity index (χ1v) is 7.70. The Hall–Kier alpha value is -2.73. The molecule has 2 aromatic heterocycles. The molecule has 116 valence electrons. The molecule has 0 amide bonds. The van der Waals surface area contributed by atoms with Crippen molar-refractivity contribution in [1.29, 1.82) is 0 Å². The summed E-state index contributed by atoms with van der Waals surface area (Å²) < 4.78 is 4.73. The molecule has 3 aromatic rings. The van der Waals surface area contributed by atoms with Gasteiger partial charge in [-0.1, -0.05) is 24.8 Å². The van der Waals surface area contributed by atoms with Crippen molar-refractivity contribution in [2.75, 3.05) is 7.11 Å². The number of rotatable bonds is 4. The molecule has 0 unspecified atom stereocenters. The van der Waals surface area contributed by atoms with Crippen molar-refractivity contribution >= 4 is 39.6 Å². The second kappa shape index (κ2) is 5.81. The van der Waals surface area contributed by atoms with Gasteiger partial charge in [0, 0.05) is 17.1 Å². The Balaban J connectivity index is 2.09. The van der Waals surface area contributed by atoms with E-state index < -0.39 is 5.97 Å². The quantitative estimate of drug-likeness (QED) is 0.586. The molecule has 1 aromatic carbocycles. The highest BCUT2D eigenvalue weighted by atomic mass is 32.1. The molecule has 0 aliphatic heterocycles. The van der Waals surface area contributed by atoms with E-state index in [-0.39, 0.29) is 16.5 Å². The molecule has 23 heavy (non-hydrogen) atoms. The van der Waals surface area contributed by atoms with Crippen LogP contribution >= 0.6 is 11.3 Å². The summed E-state index contributed by atoms with van der Waals surface area (Å²) in [6, 6.07) is 7.53. The highest BCUT2D eigenvalue weighted by Gasteiger charge is 2.24. The normalized spacial score (nSPS) is 10.7. The maximum absolute atomic E-state index is 12.8. The third-order valence-electron chi connectivity index (χ3n) is 3.42. The van der Waals surface area contributed by atoms with E-state index >= 15 is 0 Å². The molecule has 0 saturated carbocycles. The number of benzene rings is 1. The number of allylic oxidation sites excluding steroid dienone is 1. The van der Waals surface area contributed by atoms with E-state index in [0.717, 1.165) is 22.2 Å². The number of H-pyrrole nitrogens is 1. The van der Waals surface area contributed by atoms with Crippen LogP contribution < -0.4 is 0 Å². The first-order valence-electron chi connectivity index (χ1n) is 6.88. The van der Waals surface area contributed by atoms with Crippen molar-refractivity contribution in [3.05, 3.63) is 58.2 Å². The number of fused-ring (bicyclic) bond motifs is 1. The second-order valence-corrected chi connectivity index (χ2v) is 6.04. The monoisotopic (exact) mass is 326 g/mol. The number of ether oxygens (including phenoxy) is 1. The molecule has 3 rings (SSSR count). The van der Waals surface area contributed by atoms with E-state index in [1.54, 1.807) is 13.1 Å². The third kappa shape index (κ3) is 2.57. The van der Waals surface area contributed by atoms with Crippen molar-refractivity contribution < 1.29 is 14.3 Å². The molecule has 0 bridgehead atoms. The Morgan fingerprint density at radius 2 is 2.04 bits per heavy atom. The molecule has 0 aliphatic rings. The maximum atomic E-state index is 12.8. The Bertz CT molecular complexity index is 936. The van der Waals surface area contributed by atoms with Crippen LogP contribution in [0.2, 0.25) is 0 Å². The average molecular weight is 326 g/mol. The molecule has 2 heterocycles. The largest absolute Gasteiger partial charge is 0.464 e. The third-order valence-corrected chi connectivity index (χ3v) is 4.64. The number of methoxy groups -OCH3 is 1. The van der Waals surface area contributed by atoms with Crippen molar-refractivity contribution in [1.82, 2.24) is 9.97 Å². The van der Waals surface area contributed by atoms with Crippen LogP contribution in [0, 0.1) is 0 Å². The number of thiazole rings is 1. The summed E-state index contributed by atoms with van der Waals surface area (Å²) in [4.78, 5) is 32.4. The fraction of sp³-hybridized carbons (Fsp3) is 0.118. The zero-order valence-corrected chi connectivity index (χ0v) is 13.5. The number of carbonyl (C=O) groups is 2. The summed E-state index contributed by atoms with van der Waals surface area (Å²) in [5.41, 5.74) is 2.20. The fourth-order valence-electron chi connectivity index (χ4n) is 2.32. The molecule has 0 spiro atoms. The molecule has 0 radical (unpaired) electrons. The van der Waals surface area contributed by atoms with E-state index in [1.165, 1.54) is 7.11 Å². The van der Waals surface area contributed by atoms with Gasteiger partial charge in [-0.25, -0.2) is 9.78 Å². The average Bonchev–Trinajstić information content (AvgIpc) is 3.18. The van der Waals surface area contributed by atoms with Gasteiger partial charge in [-0.15, -0.1) is 11.3 Å². The predicted octanol–water partition coefficient (Wildman–Crippen LogP) is 3.68. The summed E-state index contributed by atoms with van der Waals surface area (Å²) in [6.45, 7) is 5.60. The van der Waals surface area contributed by atoms with E-state index in [4.69, 9.17) is 4.74 Å². The molecule has 5 nitrogen and oxygen atoms in total. The number of esters is 1. The number of nitrogens with one attached hydrogen (secondary N) is 1. The Labute approximate surface area is 136 Å². The number of hydrogen-bond acceptors (Lipinski definition) is 5. The lowest BCUT2D eigenvalue weighted by atomic mass is 10.1. The minimum Gasteiger partial charge on any atom is -0.464 e. The lowest BCUT2D eigenvalue weighted by molar-refractivity contribution is 0.0594. The van der Waals surface area contributed by atoms with Gasteiger partial charge in [0.15, 0.2) is 10.7 Å². The molecular weight excluding hydrogens is 312 g/mol. The predicted molar refractivity (Wildman–Crippen MR) is 89.9 cm³/mol. The van der Waals surface area contributed by atoms with Gasteiger partial charge < -0.3 is 9.72 Å². The lowest BCUT2D eigenvalue weighted by Gasteiger charge is -1.97. The number of ketones is 1. The molecule has 0 atom stereocenters. The van der Waals surface area contributed by atoms with Crippen LogP contribution in [0.1, 0.15) is 37.7 Å². The van der Waals surface area contributed by atoms with E-state index in [1.807, 2.05) is 24.3 Å². The summed E-state index contributed by atoms with van der Waals surface area (Å²) in [5.74, 6) is -0.803. The van der Waals surface area contributed by atoms with Crippen LogP contribution in [0.4, 0.5) is 0 Å². The van der Waals surface area contributed by atoms with Gasteiger partial charge in [0.05, 0.1) is 17.6 Å². The highest BCUT2D eigenvalue weighted by molar-refractivity contribution is 7.15. The second-order valence-electron chi connectivity index (χ2n) is 5.05. The van der Waals surface area contributed by atoms with Crippen LogP contribution in [0.15, 0.2) is 37.0 Å². The molecule has 0 fully saturated rings. The van der Waals surface area contributed by atoms with E-state index in [0.29, 0.717) is 16.0 Å². The number of nitrogens with zero attached hydrogens (tertiary/aromatic N) is 1. The van der Waals surface area contributed by atoms with Crippen LogP contribution in [-0.2, 0) is 4.74 Å². The van der Waals surface area contributed by atoms with Crippen LogP contribution in [-0.4, -0.2) is 28.8 Å². The number of para-hydroxylation sites is 1. The van der Waals surface area contributed by atoms with Gasteiger partial charge in [-0.2, -0.15) is 0 Å². The van der Waals surface area contributed by atoms with E-state index in [2.05, 4.69) is 16.5 Å². The van der Waals surface area contributed by atoms with E-state index in [9.17, 15) is 9.59 Å². The first kappa shape index (κ1) is 15.2. The van der Waals surface area contributed by atoms with Gasteiger partial charge in [0.25, 0.3) is 0 Å². The zero-order valence-electron chi connectivity index (χ0n) is 12.7. The standard InChI is InChI=1S/C17H14N2O3S/c1-9(2)15-13(17(21)22-3)19-16(23-15)14(20)11-8-18-12-7-5-4-6-10(11)12/h4-8,18H,1H2,2-3H3. The molecule has 6 heteroatoms. The van der Waals surface area contributed by atoms with Crippen LogP contribution in [0.5, 0.6) is 0 Å². The Kier molecular flexibility index (Phi) is 3.83. The summed E-state index contributed by atoms with van der Waals surface area (Å²) in [5, 5.41) is 1.07. The summed E-state index contributed by atoms with van der Waals surface area (Å²) >= 11 is 1.15. The fourth-order valence-corrected chi connectivity index (χ4v) is 3.25. The van der Waals surface area contributed by atoms with Gasteiger partial charge in [-0.3, -0.25) is 4.79 Å². The van der Waals surface area contributed by atoms with Gasteiger partial charge in [-0.05, 0) is 18.6 Å². The SMILES string of the molecule is C=C(C)c1sc(C(=O)c2c[nH]c3ccccc23)nc1C(=O)OC. The maximum Gasteiger partial charge on any atom is 0.358 e. The van der Waals surface area contributed by atoms with Gasteiger partial charge in [0.1, 0.15) is 0 Å². The van der Waals surface area contributed by atoms with Gasteiger partial charge >= 0.3 is 5.97 Å². The van der Waals surface area contributed by atoms with Crippen LogP contribution in [0.25, 0.3) is 16.5 Å². The zero-order chi connectivity index (χ0) is 16.6. The topological polar surface area (TPSA) is 72.0 Å². The number of carbonyl (C=O) groups excluding carboxylic acids is 2. The minimum absolute atomic E-state index is 0.133. The van der Waals surface area contributed by atoms with Crippen molar-refractivity contribution in [3.8, 4) is 0 Å². The van der Waals surface area contributed by atoms with Gasteiger partial charge in [0.2, 0.25) is 5.78 Å². The Morgan fingerprint density at radius 1 is 1.30 bits per heavy atom. The number of aromatic amines is 1. The highest BCUT2D eigenvalue weighted by Crippen LogP contribution is 2.29. The number of aromatic nitrogens is 2. The summed E-state index contributed by atoms with van der Waals surface area (Å²) in [6.07, 6.45) is 1.66. The van der Waals surface area contributed by atoms with Crippen molar-refractivity contribution in [3.63, 3.8) is 0 Å². The molecule has 0 aliphatic carbocycles. The molecule has 1 N–H and O–H groups in total. The minimum atomic E-state index is -0.572. The number of hydrogen-bond donors (Lipinski definition) is 1. The Morgan fingerprint density at radius 3 is 2.74 bits per heavy atom. The summed E-state index contributed by atoms with van der Waals surface area (Å²) in [7, 11) is 1.28.